The van der Waals surface area contributed by atoms with E-state index in [1.165, 1.54) is 23.5 Å². The number of carbonyl (C=O) groups is 1. The fourth-order valence-corrected chi connectivity index (χ4v) is 2.88. The first kappa shape index (κ1) is 11.8. The van der Waals surface area contributed by atoms with Crippen molar-refractivity contribution in [2.45, 2.75) is 0 Å². The monoisotopic (exact) mass is 318 g/mol. The van der Waals surface area contributed by atoms with Crippen molar-refractivity contribution in [3.8, 4) is 0 Å². The van der Waals surface area contributed by atoms with Crippen molar-refractivity contribution in [1.82, 2.24) is 0 Å². The second kappa shape index (κ2) is 4.65. The normalized spacial score (nSPS) is 10.4. The van der Waals surface area contributed by atoms with Gasteiger partial charge < -0.3 is 0 Å². The van der Waals surface area contributed by atoms with E-state index in [4.69, 9.17) is 11.6 Å². The molecule has 0 amide bonds. The first-order chi connectivity index (χ1) is 7.59. The van der Waals surface area contributed by atoms with Crippen molar-refractivity contribution in [2.24, 2.45) is 0 Å². The van der Waals surface area contributed by atoms with E-state index in [1.54, 1.807) is 10.8 Å². The molecular weight excluding hydrogens is 315 g/mol. The number of thiophene rings is 1. The number of hydrogen-bond donors (Lipinski definition) is 0. The van der Waals surface area contributed by atoms with E-state index in [0.717, 1.165) is 6.07 Å². The smallest absolute Gasteiger partial charge is 0.197 e. The zero-order valence-electron chi connectivity index (χ0n) is 7.84. The summed E-state index contributed by atoms with van der Waals surface area (Å²) < 4.78 is 14.2. The van der Waals surface area contributed by atoms with Crippen LogP contribution in [-0.2, 0) is 0 Å². The lowest BCUT2D eigenvalue weighted by molar-refractivity contribution is 0.103. The zero-order chi connectivity index (χ0) is 11.7. The van der Waals surface area contributed by atoms with Gasteiger partial charge in [-0.05, 0) is 34.1 Å². The maximum atomic E-state index is 13.5. The summed E-state index contributed by atoms with van der Waals surface area (Å²) in [6, 6.07) is 4.03. The van der Waals surface area contributed by atoms with Crippen LogP contribution in [0.5, 0.6) is 0 Å². The van der Waals surface area contributed by atoms with Crippen LogP contribution in [0.25, 0.3) is 0 Å². The molecule has 0 spiro atoms. The summed E-state index contributed by atoms with van der Waals surface area (Å²) >= 11 is 10.2. The first-order valence-electron chi connectivity index (χ1n) is 4.31. The molecule has 0 fully saturated rings. The highest BCUT2D eigenvalue weighted by Gasteiger charge is 2.17. The van der Waals surface area contributed by atoms with E-state index in [0.29, 0.717) is 10.0 Å². The molecule has 2 aromatic rings. The highest BCUT2D eigenvalue weighted by molar-refractivity contribution is 9.10. The van der Waals surface area contributed by atoms with Crippen molar-refractivity contribution in [1.29, 1.82) is 0 Å². The Morgan fingerprint density at radius 1 is 1.31 bits per heavy atom. The van der Waals surface area contributed by atoms with Crippen molar-refractivity contribution in [2.75, 3.05) is 0 Å². The Labute approximate surface area is 109 Å². The van der Waals surface area contributed by atoms with Gasteiger partial charge in [-0.2, -0.15) is 11.3 Å². The minimum Gasteiger partial charge on any atom is -0.288 e. The standard InChI is InChI=1S/C11H5BrClFOS/c12-9-5-16-4-8(9)11(15)7-2-1-6(13)3-10(7)14/h1-5H. The molecule has 0 unspecified atom stereocenters. The molecular formula is C11H5BrClFOS. The molecule has 0 saturated carbocycles. The summed E-state index contributed by atoms with van der Waals surface area (Å²) in [5, 5.41) is 3.74. The molecule has 0 atom stereocenters. The van der Waals surface area contributed by atoms with Crippen molar-refractivity contribution < 1.29 is 9.18 Å². The Bertz CT molecular complexity index is 553. The molecule has 2 rings (SSSR count). The van der Waals surface area contributed by atoms with Gasteiger partial charge in [0.25, 0.3) is 0 Å². The molecule has 0 radical (unpaired) electrons. The third-order valence-corrected chi connectivity index (χ3v) is 3.97. The molecule has 1 nitrogen and oxygen atoms in total. The van der Waals surface area contributed by atoms with Gasteiger partial charge in [-0.15, -0.1) is 0 Å². The van der Waals surface area contributed by atoms with Gasteiger partial charge in [0.05, 0.1) is 5.56 Å². The van der Waals surface area contributed by atoms with Gasteiger partial charge in [0.15, 0.2) is 5.78 Å². The average Bonchev–Trinajstić information content (AvgIpc) is 2.63. The lowest BCUT2D eigenvalue weighted by Crippen LogP contribution is -2.03. The largest absolute Gasteiger partial charge is 0.288 e. The van der Waals surface area contributed by atoms with Crippen LogP contribution in [0.1, 0.15) is 15.9 Å². The van der Waals surface area contributed by atoms with Gasteiger partial charge >= 0.3 is 0 Å². The van der Waals surface area contributed by atoms with Gasteiger partial charge in [0.1, 0.15) is 5.82 Å². The molecule has 0 saturated heterocycles. The van der Waals surface area contributed by atoms with Crippen LogP contribution in [0.15, 0.2) is 33.4 Å². The van der Waals surface area contributed by atoms with Crippen molar-refractivity contribution >= 4 is 44.7 Å². The average molecular weight is 320 g/mol. The molecule has 1 aromatic heterocycles. The Balaban J connectivity index is 2.46. The summed E-state index contributed by atoms with van der Waals surface area (Å²) in [4.78, 5) is 12.0. The van der Waals surface area contributed by atoms with Crippen LogP contribution in [-0.4, -0.2) is 5.78 Å². The molecule has 82 valence electrons. The lowest BCUT2D eigenvalue weighted by atomic mass is 10.1. The maximum absolute atomic E-state index is 13.5. The van der Waals surface area contributed by atoms with Gasteiger partial charge in [-0.25, -0.2) is 4.39 Å². The molecule has 1 aromatic carbocycles. The van der Waals surface area contributed by atoms with Gasteiger partial charge in [0, 0.05) is 25.8 Å². The van der Waals surface area contributed by atoms with Crippen LogP contribution in [0, 0.1) is 5.82 Å². The lowest BCUT2D eigenvalue weighted by Gasteiger charge is -2.01. The number of halogens is 3. The van der Waals surface area contributed by atoms with Crippen LogP contribution in [0.2, 0.25) is 5.02 Å². The van der Waals surface area contributed by atoms with E-state index < -0.39 is 5.82 Å². The molecule has 0 aliphatic heterocycles. The Morgan fingerprint density at radius 2 is 2.06 bits per heavy atom. The highest BCUT2D eigenvalue weighted by Crippen LogP contribution is 2.25. The van der Waals surface area contributed by atoms with Crippen molar-refractivity contribution in [3.63, 3.8) is 0 Å². The number of hydrogen-bond acceptors (Lipinski definition) is 2. The van der Waals surface area contributed by atoms with E-state index in [1.807, 2.05) is 0 Å². The third-order valence-electron chi connectivity index (χ3n) is 2.04. The molecule has 5 heteroatoms. The number of carbonyl (C=O) groups excluding carboxylic acids is 1. The fourth-order valence-electron chi connectivity index (χ4n) is 1.26. The predicted octanol–water partition coefficient (Wildman–Crippen LogP) is 4.53. The zero-order valence-corrected chi connectivity index (χ0v) is 11.0. The summed E-state index contributed by atoms with van der Waals surface area (Å²) in [6.45, 7) is 0. The minimum atomic E-state index is -0.601. The van der Waals surface area contributed by atoms with Gasteiger partial charge in [-0.1, -0.05) is 11.6 Å². The summed E-state index contributed by atoms with van der Waals surface area (Å²) in [5.41, 5.74) is 0.495. The Hall–Kier alpha value is -0.710. The first-order valence-corrected chi connectivity index (χ1v) is 6.42. The molecule has 0 aliphatic carbocycles. The Morgan fingerprint density at radius 3 is 2.62 bits per heavy atom. The topological polar surface area (TPSA) is 17.1 Å². The quantitative estimate of drug-likeness (QED) is 0.743. The van der Waals surface area contributed by atoms with Gasteiger partial charge in [-0.3, -0.25) is 4.79 Å². The fraction of sp³-hybridized carbons (Fsp3) is 0. The number of ketones is 1. The number of rotatable bonds is 2. The summed E-state index contributed by atoms with van der Waals surface area (Å²) in [5.74, 6) is -0.946. The van der Waals surface area contributed by atoms with Crippen molar-refractivity contribution in [3.05, 3.63) is 55.4 Å². The SMILES string of the molecule is O=C(c1ccc(Cl)cc1F)c1cscc1Br. The molecule has 0 N–H and O–H groups in total. The summed E-state index contributed by atoms with van der Waals surface area (Å²) in [6.07, 6.45) is 0. The molecule has 16 heavy (non-hydrogen) atoms. The van der Waals surface area contributed by atoms with E-state index >= 15 is 0 Å². The molecule has 0 aliphatic rings. The van der Waals surface area contributed by atoms with Gasteiger partial charge in [0.2, 0.25) is 0 Å². The molecule has 1 heterocycles. The summed E-state index contributed by atoms with van der Waals surface area (Å²) in [7, 11) is 0. The number of benzene rings is 1. The van der Waals surface area contributed by atoms with E-state index in [2.05, 4.69) is 15.9 Å². The minimum absolute atomic E-state index is 0.0310. The maximum Gasteiger partial charge on any atom is 0.197 e. The van der Waals surface area contributed by atoms with Crippen LogP contribution < -0.4 is 0 Å². The Kier molecular flexibility index (Phi) is 3.42. The molecule has 0 bridgehead atoms. The van der Waals surface area contributed by atoms with E-state index in [9.17, 15) is 9.18 Å². The highest BCUT2D eigenvalue weighted by atomic mass is 79.9. The third kappa shape index (κ3) is 2.19. The van der Waals surface area contributed by atoms with E-state index in [-0.39, 0.29) is 16.4 Å². The van der Waals surface area contributed by atoms with Crippen LogP contribution >= 0.6 is 38.9 Å². The predicted molar refractivity (Wildman–Crippen MR) is 66.9 cm³/mol. The second-order valence-electron chi connectivity index (χ2n) is 3.09. The van der Waals surface area contributed by atoms with Crippen LogP contribution in [0.4, 0.5) is 4.39 Å². The second-order valence-corrected chi connectivity index (χ2v) is 5.12. The van der Waals surface area contributed by atoms with Crippen LogP contribution in [0.3, 0.4) is 0 Å².